The molecule has 0 fully saturated rings. The molecule has 2 aromatic rings. The number of rotatable bonds is 5. The molecule has 1 amide bonds. The predicted octanol–water partition coefficient (Wildman–Crippen LogP) is 2.39. The number of alkyl halides is 3. The molecule has 1 atom stereocenters. The van der Waals surface area contributed by atoms with Crippen LogP contribution in [0.1, 0.15) is 21.6 Å². The van der Waals surface area contributed by atoms with Gasteiger partial charge in [-0.05, 0) is 37.6 Å². The maximum absolute atomic E-state index is 14.0. The van der Waals surface area contributed by atoms with Gasteiger partial charge < -0.3 is 4.74 Å². The summed E-state index contributed by atoms with van der Waals surface area (Å²) in [5.41, 5.74) is -2.30. The number of anilines is 1. The standard InChI is InChI=1S/C18H18F3N3O3/c1-11-9-12(2)22-14(10-11)23-17(16(26)27-3,18(19,20)21)24-15(25)13-7-5-4-6-8-13/h4-10H,1-3H3,(H,22,23)(H,24,25)/p+1/t17-/m0/s1. The van der Waals surface area contributed by atoms with Crippen molar-refractivity contribution < 1.29 is 32.5 Å². The molecular formula is C18H19F3N3O3+. The molecule has 1 aromatic heterocycles. The minimum Gasteiger partial charge on any atom is -0.464 e. The third kappa shape index (κ3) is 4.36. The Morgan fingerprint density at radius 2 is 1.70 bits per heavy atom. The Hall–Kier alpha value is -3.10. The van der Waals surface area contributed by atoms with Gasteiger partial charge in [-0.25, -0.2) is 15.1 Å². The van der Waals surface area contributed by atoms with Gasteiger partial charge in [0.1, 0.15) is 0 Å². The Morgan fingerprint density at radius 1 is 1.07 bits per heavy atom. The Kier molecular flexibility index (Phi) is 5.72. The van der Waals surface area contributed by atoms with E-state index in [9.17, 15) is 22.8 Å². The van der Waals surface area contributed by atoms with Gasteiger partial charge in [-0.15, -0.1) is 0 Å². The van der Waals surface area contributed by atoms with Crippen LogP contribution in [0.25, 0.3) is 0 Å². The van der Waals surface area contributed by atoms with Crippen LogP contribution in [0.3, 0.4) is 0 Å². The van der Waals surface area contributed by atoms with E-state index >= 15 is 0 Å². The first kappa shape index (κ1) is 20.2. The number of aromatic nitrogens is 1. The molecule has 1 aromatic carbocycles. The van der Waals surface area contributed by atoms with Crippen LogP contribution in [0.5, 0.6) is 0 Å². The predicted molar refractivity (Wildman–Crippen MR) is 90.8 cm³/mol. The number of ether oxygens (including phenoxy) is 1. The fourth-order valence-corrected chi connectivity index (χ4v) is 2.54. The fourth-order valence-electron chi connectivity index (χ4n) is 2.54. The number of pyridine rings is 1. The van der Waals surface area contributed by atoms with Crippen LogP contribution in [0.4, 0.5) is 19.0 Å². The van der Waals surface area contributed by atoms with Gasteiger partial charge in [0.15, 0.2) is 0 Å². The van der Waals surface area contributed by atoms with Crippen molar-refractivity contribution in [1.29, 1.82) is 0 Å². The Bertz CT molecular complexity index is 820. The molecule has 2 rings (SSSR count). The summed E-state index contributed by atoms with van der Waals surface area (Å²) in [6.45, 7) is 3.33. The van der Waals surface area contributed by atoms with Gasteiger partial charge in [-0.3, -0.25) is 10.1 Å². The molecular weight excluding hydrogens is 363 g/mol. The number of hydrogen-bond acceptors (Lipinski definition) is 4. The third-order valence-electron chi connectivity index (χ3n) is 3.72. The highest BCUT2D eigenvalue weighted by Crippen LogP contribution is 2.32. The molecule has 0 aliphatic heterocycles. The molecule has 6 nitrogen and oxygen atoms in total. The van der Waals surface area contributed by atoms with Crippen molar-refractivity contribution in [3.8, 4) is 0 Å². The van der Waals surface area contributed by atoms with E-state index < -0.39 is 23.7 Å². The molecule has 1 heterocycles. The average molecular weight is 382 g/mol. The van der Waals surface area contributed by atoms with E-state index in [4.69, 9.17) is 0 Å². The molecule has 0 radical (unpaired) electrons. The molecule has 0 saturated carbocycles. The van der Waals surface area contributed by atoms with Crippen molar-refractivity contribution in [3.05, 3.63) is 59.3 Å². The fraction of sp³-hybridized carbons (Fsp3) is 0.278. The third-order valence-corrected chi connectivity index (χ3v) is 3.72. The Balaban J connectivity index is 2.52. The number of carbonyl (C=O) groups is 2. The zero-order valence-corrected chi connectivity index (χ0v) is 14.9. The second kappa shape index (κ2) is 7.65. The van der Waals surface area contributed by atoms with Gasteiger partial charge in [0.25, 0.3) is 11.7 Å². The summed E-state index contributed by atoms with van der Waals surface area (Å²) in [5.74, 6) is -2.90. The summed E-state index contributed by atoms with van der Waals surface area (Å²) < 4.78 is 46.3. The first-order chi connectivity index (χ1) is 12.6. The monoisotopic (exact) mass is 382 g/mol. The number of halogens is 3. The molecule has 0 spiro atoms. The highest BCUT2D eigenvalue weighted by Gasteiger charge is 2.67. The Labute approximate surface area is 153 Å². The van der Waals surface area contributed by atoms with E-state index in [0.29, 0.717) is 11.3 Å². The maximum Gasteiger partial charge on any atom is 0.464 e. The zero-order chi connectivity index (χ0) is 20.2. The summed E-state index contributed by atoms with van der Waals surface area (Å²) in [6, 6.07) is 10.3. The van der Waals surface area contributed by atoms with Gasteiger partial charge >= 0.3 is 17.8 Å². The molecule has 0 aliphatic carbocycles. The van der Waals surface area contributed by atoms with Crippen molar-refractivity contribution in [2.45, 2.75) is 25.7 Å². The highest BCUT2D eigenvalue weighted by atomic mass is 19.4. The molecule has 0 unspecified atom stereocenters. The van der Waals surface area contributed by atoms with Crippen molar-refractivity contribution in [2.24, 2.45) is 0 Å². The van der Waals surface area contributed by atoms with Crippen LogP contribution >= 0.6 is 0 Å². The maximum atomic E-state index is 14.0. The Morgan fingerprint density at radius 3 is 2.22 bits per heavy atom. The van der Waals surface area contributed by atoms with E-state index in [-0.39, 0.29) is 11.4 Å². The molecule has 0 aliphatic rings. The second-order valence-corrected chi connectivity index (χ2v) is 5.94. The van der Waals surface area contributed by atoms with E-state index in [1.54, 1.807) is 31.3 Å². The van der Waals surface area contributed by atoms with Gasteiger partial charge in [-0.2, -0.15) is 13.2 Å². The molecule has 9 heteroatoms. The van der Waals surface area contributed by atoms with Crippen LogP contribution in [0.2, 0.25) is 0 Å². The molecule has 0 bridgehead atoms. The number of esters is 1. The second-order valence-electron chi connectivity index (χ2n) is 5.94. The van der Waals surface area contributed by atoms with E-state index in [1.807, 2.05) is 0 Å². The summed E-state index contributed by atoms with van der Waals surface area (Å²) >= 11 is 0. The van der Waals surface area contributed by atoms with Crippen LogP contribution in [0, 0.1) is 13.8 Å². The number of amides is 1. The van der Waals surface area contributed by atoms with Crippen molar-refractivity contribution in [2.75, 3.05) is 12.4 Å². The van der Waals surface area contributed by atoms with E-state index in [0.717, 1.165) is 7.11 Å². The van der Waals surface area contributed by atoms with E-state index in [1.165, 1.54) is 30.3 Å². The number of hydrogen-bond donors (Lipinski definition) is 2. The topological polar surface area (TPSA) is 81.6 Å². The number of aromatic amines is 1. The first-order valence-corrected chi connectivity index (χ1v) is 7.90. The normalized spacial score (nSPS) is 13.4. The van der Waals surface area contributed by atoms with Crippen LogP contribution in [-0.4, -0.2) is 30.8 Å². The van der Waals surface area contributed by atoms with Crippen molar-refractivity contribution in [3.63, 3.8) is 0 Å². The lowest BCUT2D eigenvalue weighted by molar-refractivity contribution is -0.372. The minimum atomic E-state index is -5.20. The molecule has 27 heavy (non-hydrogen) atoms. The van der Waals surface area contributed by atoms with Gasteiger partial charge in [0.2, 0.25) is 0 Å². The van der Waals surface area contributed by atoms with Crippen LogP contribution in [0.15, 0.2) is 42.5 Å². The van der Waals surface area contributed by atoms with Gasteiger partial charge in [0, 0.05) is 11.6 Å². The molecule has 3 N–H and O–H groups in total. The SMILES string of the molecule is COC(=O)[C@@](NC(=O)c1ccccc1)(Nc1cc(C)cc(C)[nH+]1)C(F)(F)F. The number of methoxy groups -OCH3 is 1. The average Bonchev–Trinajstić information content (AvgIpc) is 2.59. The van der Waals surface area contributed by atoms with E-state index in [2.05, 4.69) is 15.0 Å². The largest absolute Gasteiger partial charge is 0.464 e. The van der Waals surface area contributed by atoms with Crippen molar-refractivity contribution >= 4 is 17.7 Å². The zero-order valence-electron chi connectivity index (χ0n) is 14.9. The van der Waals surface area contributed by atoms with Gasteiger partial charge in [-0.1, -0.05) is 18.2 Å². The summed E-state index contributed by atoms with van der Waals surface area (Å²) in [4.78, 5) is 27.3. The highest BCUT2D eigenvalue weighted by molar-refractivity contribution is 5.99. The smallest absolute Gasteiger partial charge is 0.464 e. The summed E-state index contributed by atoms with van der Waals surface area (Å²) in [5, 5.41) is 3.83. The number of aryl methyl sites for hydroxylation is 2. The number of nitrogens with one attached hydrogen (secondary N) is 3. The summed E-state index contributed by atoms with van der Waals surface area (Å²) in [6.07, 6.45) is -5.20. The quantitative estimate of drug-likeness (QED) is 0.615. The van der Waals surface area contributed by atoms with Crippen LogP contribution in [-0.2, 0) is 9.53 Å². The number of carbonyl (C=O) groups excluding carboxylic acids is 2. The number of benzene rings is 1. The van der Waals surface area contributed by atoms with Gasteiger partial charge in [0.05, 0.1) is 12.8 Å². The number of H-pyrrole nitrogens is 1. The lowest BCUT2D eigenvalue weighted by Gasteiger charge is -2.30. The lowest BCUT2D eigenvalue weighted by Crippen LogP contribution is -2.69. The molecule has 0 saturated heterocycles. The summed E-state index contributed by atoms with van der Waals surface area (Å²) in [7, 11) is 0.810. The molecule has 144 valence electrons. The van der Waals surface area contributed by atoms with Crippen molar-refractivity contribution in [1.82, 2.24) is 5.32 Å². The lowest BCUT2D eigenvalue weighted by atomic mass is 10.1. The van der Waals surface area contributed by atoms with Crippen LogP contribution < -0.4 is 15.6 Å². The minimum absolute atomic E-state index is 0.0405. The first-order valence-electron chi connectivity index (χ1n) is 7.90.